The zero-order chi connectivity index (χ0) is 18.5. The first-order chi connectivity index (χ1) is 12.6. The van der Waals surface area contributed by atoms with Crippen LogP contribution in [0.25, 0.3) is 0 Å². The van der Waals surface area contributed by atoms with Crippen LogP contribution >= 0.6 is 0 Å². The number of nitrogens with zero attached hydrogens (tertiary/aromatic N) is 3. The van der Waals surface area contributed by atoms with Gasteiger partial charge in [-0.05, 0) is 24.6 Å². The van der Waals surface area contributed by atoms with Crippen molar-refractivity contribution in [3.8, 4) is 5.75 Å². The van der Waals surface area contributed by atoms with E-state index in [2.05, 4.69) is 28.9 Å². The monoisotopic (exact) mass is 353 g/mol. The molecule has 2 aromatic carbocycles. The van der Waals surface area contributed by atoms with Crippen molar-refractivity contribution in [3.05, 3.63) is 60.2 Å². The summed E-state index contributed by atoms with van der Waals surface area (Å²) in [4.78, 5) is 18.8. The fourth-order valence-electron chi connectivity index (χ4n) is 3.35. The molecule has 1 atom stereocenters. The Hall–Kier alpha value is -2.53. The molecule has 0 aliphatic carbocycles. The zero-order valence-corrected chi connectivity index (χ0v) is 15.5. The Morgan fingerprint density at radius 3 is 2.31 bits per heavy atom. The van der Waals surface area contributed by atoms with Crippen LogP contribution in [-0.4, -0.2) is 60.6 Å². The molecule has 3 rings (SSSR count). The van der Waals surface area contributed by atoms with Crippen molar-refractivity contribution in [2.24, 2.45) is 0 Å². The molecule has 1 saturated heterocycles. The highest BCUT2D eigenvalue weighted by molar-refractivity contribution is 5.78. The van der Waals surface area contributed by atoms with E-state index in [1.807, 2.05) is 48.3 Å². The normalized spacial score (nSPS) is 16.3. The average molecular weight is 353 g/mol. The molecule has 1 heterocycles. The number of anilines is 1. The molecule has 1 unspecified atom stereocenters. The lowest BCUT2D eigenvalue weighted by Crippen LogP contribution is -2.50. The van der Waals surface area contributed by atoms with Crippen molar-refractivity contribution in [1.82, 2.24) is 9.80 Å². The summed E-state index contributed by atoms with van der Waals surface area (Å²) in [6.45, 7) is 5.73. The quantitative estimate of drug-likeness (QED) is 0.898. The summed E-state index contributed by atoms with van der Waals surface area (Å²) in [5.41, 5.74) is 2.01. The number of phenolic OH excluding ortho intramolecular Hbond substituents is 1. The molecule has 0 saturated carbocycles. The number of hydrogen-bond acceptors (Lipinski definition) is 4. The molecule has 1 aliphatic rings. The molecule has 0 bridgehead atoms. The molecular weight excluding hydrogens is 326 g/mol. The molecule has 138 valence electrons. The number of rotatable bonds is 5. The number of piperazine rings is 1. The van der Waals surface area contributed by atoms with Crippen LogP contribution in [0.15, 0.2) is 54.6 Å². The van der Waals surface area contributed by atoms with Crippen molar-refractivity contribution in [3.63, 3.8) is 0 Å². The lowest BCUT2D eigenvalue weighted by Gasteiger charge is -2.37. The van der Waals surface area contributed by atoms with Crippen LogP contribution in [0.5, 0.6) is 5.75 Å². The number of amides is 1. The second-order valence-corrected chi connectivity index (χ2v) is 6.84. The van der Waals surface area contributed by atoms with Gasteiger partial charge in [0.15, 0.2) is 0 Å². The highest BCUT2D eigenvalue weighted by atomic mass is 16.3. The maximum Gasteiger partial charge on any atom is 0.236 e. The van der Waals surface area contributed by atoms with E-state index in [0.717, 1.165) is 37.4 Å². The summed E-state index contributed by atoms with van der Waals surface area (Å²) in [7, 11) is 1.87. The molecule has 26 heavy (non-hydrogen) atoms. The number of para-hydroxylation sites is 2. The minimum Gasteiger partial charge on any atom is -0.506 e. The molecule has 5 nitrogen and oxygen atoms in total. The standard InChI is InChI=1S/C21H27N3O2/c1-17(18-8-4-3-5-9-18)22(2)21(26)16-23-12-14-24(15-13-23)19-10-6-7-11-20(19)25/h3-11,17,25H,12-16H2,1-2H3. The number of hydrogen-bond donors (Lipinski definition) is 1. The van der Waals surface area contributed by atoms with Crippen molar-refractivity contribution < 1.29 is 9.90 Å². The van der Waals surface area contributed by atoms with Gasteiger partial charge in [0, 0.05) is 33.2 Å². The average Bonchev–Trinajstić information content (AvgIpc) is 2.68. The number of carbonyl (C=O) groups is 1. The highest BCUT2D eigenvalue weighted by Gasteiger charge is 2.23. The third-order valence-electron chi connectivity index (χ3n) is 5.21. The predicted molar refractivity (Wildman–Crippen MR) is 104 cm³/mol. The molecule has 1 N–H and O–H groups in total. The summed E-state index contributed by atoms with van der Waals surface area (Å²) >= 11 is 0. The first-order valence-corrected chi connectivity index (χ1v) is 9.12. The molecular formula is C21H27N3O2. The van der Waals surface area contributed by atoms with E-state index in [4.69, 9.17) is 0 Å². The van der Waals surface area contributed by atoms with Gasteiger partial charge in [0.25, 0.3) is 0 Å². The summed E-state index contributed by atoms with van der Waals surface area (Å²) in [5.74, 6) is 0.450. The maximum absolute atomic E-state index is 12.7. The smallest absolute Gasteiger partial charge is 0.236 e. The second-order valence-electron chi connectivity index (χ2n) is 6.84. The van der Waals surface area contributed by atoms with Crippen molar-refractivity contribution >= 4 is 11.6 Å². The molecule has 1 fully saturated rings. The summed E-state index contributed by atoms with van der Waals surface area (Å²) in [6, 6.07) is 17.6. The first-order valence-electron chi connectivity index (χ1n) is 9.12. The van der Waals surface area contributed by atoms with E-state index in [9.17, 15) is 9.90 Å². The van der Waals surface area contributed by atoms with Crippen LogP contribution in [0.2, 0.25) is 0 Å². The van der Waals surface area contributed by atoms with Gasteiger partial charge < -0.3 is 14.9 Å². The Balaban J connectivity index is 1.52. The van der Waals surface area contributed by atoms with Gasteiger partial charge in [0.05, 0.1) is 18.3 Å². The molecule has 0 radical (unpaired) electrons. The lowest BCUT2D eigenvalue weighted by molar-refractivity contribution is -0.133. The van der Waals surface area contributed by atoms with Crippen molar-refractivity contribution in [1.29, 1.82) is 0 Å². The molecule has 0 spiro atoms. The molecule has 0 aromatic heterocycles. The van der Waals surface area contributed by atoms with Gasteiger partial charge in [-0.2, -0.15) is 0 Å². The Labute approximate surface area is 155 Å². The van der Waals surface area contributed by atoms with Gasteiger partial charge in [-0.25, -0.2) is 0 Å². The predicted octanol–water partition coefficient (Wildman–Crippen LogP) is 2.73. The fraction of sp³-hybridized carbons (Fsp3) is 0.381. The number of aromatic hydroxyl groups is 1. The van der Waals surface area contributed by atoms with Gasteiger partial charge >= 0.3 is 0 Å². The van der Waals surface area contributed by atoms with E-state index in [1.54, 1.807) is 6.07 Å². The largest absolute Gasteiger partial charge is 0.506 e. The third kappa shape index (κ3) is 4.17. The first kappa shape index (κ1) is 18.3. The minimum absolute atomic E-state index is 0.0613. The SMILES string of the molecule is CC(c1ccccc1)N(C)C(=O)CN1CCN(c2ccccc2O)CC1. The number of likely N-dealkylation sites (N-methyl/N-ethyl adjacent to an activating group) is 1. The van der Waals surface area contributed by atoms with Crippen LogP contribution in [0.1, 0.15) is 18.5 Å². The maximum atomic E-state index is 12.7. The van der Waals surface area contributed by atoms with E-state index < -0.39 is 0 Å². The number of carbonyl (C=O) groups excluding carboxylic acids is 1. The summed E-state index contributed by atoms with van der Waals surface area (Å²) < 4.78 is 0. The molecule has 1 amide bonds. The van der Waals surface area contributed by atoms with E-state index in [-0.39, 0.29) is 11.9 Å². The van der Waals surface area contributed by atoms with Crippen molar-refractivity contribution in [2.45, 2.75) is 13.0 Å². The van der Waals surface area contributed by atoms with Crippen LogP contribution < -0.4 is 4.90 Å². The number of phenols is 1. The van der Waals surface area contributed by atoms with Crippen LogP contribution in [0.4, 0.5) is 5.69 Å². The van der Waals surface area contributed by atoms with Gasteiger partial charge in [0.1, 0.15) is 5.75 Å². The molecule has 1 aliphatic heterocycles. The Morgan fingerprint density at radius 1 is 1.04 bits per heavy atom. The molecule has 5 heteroatoms. The minimum atomic E-state index is 0.0613. The fourth-order valence-corrected chi connectivity index (χ4v) is 3.35. The van der Waals surface area contributed by atoms with Gasteiger partial charge in [-0.15, -0.1) is 0 Å². The summed E-state index contributed by atoms with van der Waals surface area (Å²) in [5, 5.41) is 10.0. The van der Waals surface area contributed by atoms with E-state index in [0.29, 0.717) is 12.3 Å². The van der Waals surface area contributed by atoms with Crippen LogP contribution in [0.3, 0.4) is 0 Å². The van der Waals surface area contributed by atoms with Crippen LogP contribution in [0, 0.1) is 0 Å². The summed E-state index contributed by atoms with van der Waals surface area (Å²) in [6.07, 6.45) is 0. The van der Waals surface area contributed by atoms with Crippen molar-refractivity contribution in [2.75, 3.05) is 44.7 Å². The van der Waals surface area contributed by atoms with Gasteiger partial charge in [0.2, 0.25) is 5.91 Å². The Bertz CT molecular complexity index is 727. The highest BCUT2D eigenvalue weighted by Crippen LogP contribution is 2.27. The number of benzene rings is 2. The zero-order valence-electron chi connectivity index (χ0n) is 15.5. The molecule has 2 aromatic rings. The Morgan fingerprint density at radius 2 is 1.65 bits per heavy atom. The second kappa shape index (κ2) is 8.23. The van der Waals surface area contributed by atoms with Gasteiger partial charge in [-0.1, -0.05) is 42.5 Å². The third-order valence-corrected chi connectivity index (χ3v) is 5.21. The van der Waals surface area contributed by atoms with Gasteiger partial charge in [-0.3, -0.25) is 9.69 Å². The van der Waals surface area contributed by atoms with E-state index >= 15 is 0 Å². The van der Waals surface area contributed by atoms with Crippen LogP contribution in [-0.2, 0) is 4.79 Å². The van der Waals surface area contributed by atoms with E-state index in [1.165, 1.54) is 0 Å². The Kier molecular flexibility index (Phi) is 5.78. The lowest BCUT2D eigenvalue weighted by atomic mass is 10.1. The topological polar surface area (TPSA) is 47.0 Å².